The Morgan fingerprint density at radius 1 is 1.32 bits per heavy atom. The van der Waals surface area contributed by atoms with E-state index in [1.807, 2.05) is 24.4 Å². The first kappa shape index (κ1) is 19.9. The van der Waals surface area contributed by atoms with Gasteiger partial charge in [-0.25, -0.2) is 4.98 Å². The lowest BCUT2D eigenvalue weighted by Crippen LogP contribution is -2.30. The standard InChI is InChI=1S/C20H22N4O3S/c1-23(10-8-15-5-3-4-9-21-15)18(25)14-6-7-16-17(13-14)22-20(28)24(19(16)26)11-12-27-2/h3-7,9,13H,8,10-12H2,1-2H3,(H,22,28)/p+1. The van der Waals surface area contributed by atoms with Crippen LogP contribution in [0.5, 0.6) is 0 Å². The van der Waals surface area contributed by atoms with Crippen LogP contribution < -0.4 is 10.5 Å². The Hall–Kier alpha value is -2.84. The number of methoxy groups -OCH3 is 1. The van der Waals surface area contributed by atoms with E-state index in [1.165, 1.54) is 4.57 Å². The number of carbonyl (C=O) groups excluding carboxylic acids is 1. The molecule has 1 aromatic carbocycles. The molecule has 28 heavy (non-hydrogen) atoms. The highest BCUT2D eigenvalue weighted by Crippen LogP contribution is 2.13. The van der Waals surface area contributed by atoms with Gasteiger partial charge in [-0.2, -0.15) is 0 Å². The van der Waals surface area contributed by atoms with Crippen molar-refractivity contribution in [3.8, 4) is 0 Å². The Kier molecular flexibility index (Phi) is 6.33. The molecular formula is C20H23N4O3S+. The van der Waals surface area contributed by atoms with Crippen LogP contribution in [0.4, 0.5) is 0 Å². The van der Waals surface area contributed by atoms with Gasteiger partial charge >= 0.3 is 0 Å². The Morgan fingerprint density at radius 3 is 2.86 bits per heavy atom. The minimum Gasteiger partial charge on any atom is -0.383 e. The van der Waals surface area contributed by atoms with Crippen LogP contribution in [0.1, 0.15) is 16.1 Å². The van der Waals surface area contributed by atoms with Crippen LogP contribution in [0.3, 0.4) is 0 Å². The number of ether oxygens (including phenoxy) is 1. The molecule has 0 radical (unpaired) electrons. The van der Waals surface area contributed by atoms with Gasteiger partial charge in [0.25, 0.3) is 11.5 Å². The number of amides is 1. The van der Waals surface area contributed by atoms with Crippen LogP contribution in [-0.4, -0.2) is 47.7 Å². The first-order valence-corrected chi connectivity index (χ1v) is 9.39. The summed E-state index contributed by atoms with van der Waals surface area (Å²) in [5, 5.41) is 0.489. The number of benzene rings is 1. The molecule has 2 heterocycles. The van der Waals surface area contributed by atoms with E-state index < -0.39 is 0 Å². The van der Waals surface area contributed by atoms with Gasteiger partial charge in [0.2, 0.25) is 0 Å². The summed E-state index contributed by atoms with van der Waals surface area (Å²) in [6.45, 7) is 1.34. The molecule has 146 valence electrons. The molecule has 8 heteroatoms. The molecule has 0 aliphatic heterocycles. The number of hydrogen-bond acceptors (Lipinski definition) is 4. The van der Waals surface area contributed by atoms with E-state index in [2.05, 4.69) is 9.97 Å². The van der Waals surface area contributed by atoms with E-state index in [9.17, 15) is 9.59 Å². The number of nitrogens with zero attached hydrogens (tertiary/aromatic N) is 2. The van der Waals surface area contributed by atoms with E-state index >= 15 is 0 Å². The molecule has 0 atom stereocenters. The van der Waals surface area contributed by atoms with Gasteiger partial charge < -0.3 is 14.6 Å². The maximum atomic E-state index is 12.8. The largest absolute Gasteiger partial charge is 0.383 e. The fourth-order valence-electron chi connectivity index (χ4n) is 2.97. The highest BCUT2D eigenvalue weighted by molar-refractivity contribution is 7.71. The maximum Gasteiger partial charge on any atom is 0.262 e. The van der Waals surface area contributed by atoms with Crippen LogP contribution in [-0.2, 0) is 17.7 Å². The number of fused-ring (bicyclic) bond motifs is 1. The Labute approximate surface area is 167 Å². The molecule has 2 aromatic heterocycles. The SMILES string of the molecule is COCCn1c(=S)[nH]c2cc(C(=O)N(C)CCc3cccc[nH+]3)ccc2c1=O. The topological polar surface area (TPSA) is 81.5 Å². The molecule has 0 unspecified atom stereocenters. The molecule has 3 aromatic rings. The van der Waals surface area contributed by atoms with Gasteiger partial charge in [0.15, 0.2) is 16.7 Å². The molecule has 0 saturated heterocycles. The smallest absolute Gasteiger partial charge is 0.262 e. The number of H-pyrrole nitrogens is 2. The average molecular weight is 399 g/mol. The van der Waals surface area contributed by atoms with Crippen molar-refractivity contribution in [2.45, 2.75) is 13.0 Å². The van der Waals surface area contributed by atoms with Crippen molar-refractivity contribution in [3.05, 3.63) is 69.0 Å². The first-order chi connectivity index (χ1) is 13.5. The second-order valence-electron chi connectivity index (χ2n) is 6.50. The summed E-state index contributed by atoms with van der Waals surface area (Å²) in [7, 11) is 3.34. The van der Waals surface area contributed by atoms with E-state index in [4.69, 9.17) is 17.0 Å². The second-order valence-corrected chi connectivity index (χ2v) is 6.89. The highest BCUT2D eigenvalue weighted by Gasteiger charge is 2.15. The monoisotopic (exact) mass is 399 g/mol. The summed E-state index contributed by atoms with van der Waals surface area (Å²) in [5.74, 6) is -0.110. The number of aromatic nitrogens is 3. The van der Waals surface area contributed by atoms with Gasteiger partial charge in [-0.1, -0.05) is 6.07 Å². The van der Waals surface area contributed by atoms with Gasteiger partial charge in [-0.3, -0.25) is 14.2 Å². The third kappa shape index (κ3) is 4.35. The molecule has 0 fully saturated rings. The third-order valence-electron chi connectivity index (χ3n) is 4.58. The van der Waals surface area contributed by atoms with Crippen LogP contribution in [0, 0.1) is 4.77 Å². The molecule has 2 N–H and O–H groups in total. The fourth-order valence-corrected chi connectivity index (χ4v) is 3.25. The van der Waals surface area contributed by atoms with E-state index in [0.29, 0.717) is 40.9 Å². The van der Waals surface area contributed by atoms with Gasteiger partial charge in [0, 0.05) is 44.8 Å². The minimum absolute atomic E-state index is 0.110. The first-order valence-electron chi connectivity index (χ1n) is 8.98. The van der Waals surface area contributed by atoms with Crippen LogP contribution in [0.2, 0.25) is 0 Å². The zero-order valence-electron chi connectivity index (χ0n) is 15.9. The van der Waals surface area contributed by atoms with Crippen molar-refractivity contribution >= 4 is 29.0 Å². The highest BCUT2D eigenvalue weighted by atomic mass is 32.1. The summed E-state index contributed by atoms with van der Waals surface area (Å²) in [6, 6.07) is 10.9. The Bertz CT molecular complexity index is 1090. The Morgan fingerprint density at radius 2 is 2.14 bits per heavy atom. The fraction of sp³-hybridized carbons (Fsp3) is 0.300. The van der Waals surface area contributed by atoms with Crippen molar-refractivity contribution in [1.82, 2.24) is 14.5 Å². The van der Waals surface area contributed by atoms with Crippen LogP contribution in [0.25, 0.3) is 10.9 Å². The summed E-state index contributed by atoms with van der Waals surface area (Å²) in [4.78, 5) is 33.3. The molecular weight excluding hydrogens is 376 g/mol. The zero-order valence-corrected chi connectivity index (χ0v) is 16.7. The molecule has 0 aliphatic carbocycles. The Balaban J connectivity index is 1.82. The number of hydrogen-bond donors (Lipinski definition) is 1. The number of pyridine rings is 1. The van der Waals surface area contributed by atoms with Gasteiger partial charge in [-0.15, -0.1) is 0 Å². The van der Waals surface area contributed by atoms with Crippen molar-refractivity contribution < 1.29 is 14.5 Å². The average Bonchev–Trinajstić information content (AvgIpc) is 2.71. The minimum atomic E-state index is -0.192. The summed E-state index contributed by atoms with van der Waals surface area (Å²) in [5.41, 5.74) is 1.93. The number of likely N-dealkylation sites (N-methyl/N-ethyl adjacent to an activating group) is 1. The number of aromatic amines is 2. The van der Waals surface area contributed by atoms with Crippen molar-refractivity contribution in [3.63, 3.8) is 0 Å². The van der Waals surface area contributed by atoms with Crippen molar-refractivity contribution in [1.29, 1.82) is 0 Å². The summed E-state index contributed by atoms with van der Waals surface area (Å²) >= 11 is 5.29. The number of nitrogens with one attached hydrogen (secondary N) is 2. The third-order valence-corrected chi connectivity index (χ3v) is 4.91. The summed E-state index contributed by atoms with van der Waals surface area (Å²) in [6.07, 6.45) is 2.59. The maximum absolute atomic E-state index is 12.8. The normalized spacial score (nSPS) is 10.9. The molecule has 0 aliphatic rings. The van der Waals surface area contributed by atoms with Crippen molar-refractivity contribution in [2.24, 2.45) is 0 Å². The van der Waals surface area contributed by atoms with E-state index in [0.717, 1.165) is 12.1 Å². The lowest BCUT2D eigenvalue weighted by Gasteiger charge is -2.16. The molecule has 1 amide bonds. The molecule has 0 bridgehead atoms. The van der Waals surface area contributed by atoms with Crippen molar-refractivity contribution in [2.75, 3.05) is 27.3 Å². The lowest BCUT2D eigenvalue weighted by molar-refractivity contribution is -0.390. The molecule has 0 saturated carbocycles. The quantitative estimate of drug-likeness (QED) is 0.615. The molecule has 0 spiro atoms. The van der Waals surface area contributed by atoms with Gasteiger partial charge in [0.05, 0.1) is 24.1 Å². The number of rotatable bonds is 7. The molecule has 3 rings (SSSR count). The predicted molar refractivity (Wildman–Crippen MR) is 109 cm³/mol. The molecule has 7 nitrogen and oxygen atoms in total. The van der Waals surface area contributed by atoms with Crippen LogP contribution >= 0.6 is 12.2 Å². The zero-order chi connectivity index (χ0) is 20.1. The summed E-state index contributed by atoms with van der Waals surface area (Å²) < 4.78 is 6.80. The van der Waals surface area contributed by atoms with E-state index in [1.54, 1.807) is 37.3 Å². The van der Waals surface area contributed by atoms with Gasteiger partial charge in [-0.05, 0) is 30.4 Å². The lowest BCUT2D eigenvalue weighted by atomic mass is 10.1. The second kappa shape index (κ2) is 8.90. The van der Waals surface area contributed by atoms with E-state index in [-0.39, 0.29) is 11.5 Å². The predicted octanol–water partition coefficient (Wildman–Crippen LogP) is 1.83. The van der Waals surface area contributed by atoms with Gasteiger partial charge in [0.1, 0.15) is 0 Å². The number of carbonyl (C=O) groups is 1. The van der Waals surface area contributed by atoms with Crippen LogP contribution in [0.15, 0.2) is 47.4 Å².